The molecule has 0 aliphatic rings. The molecule has 0 saturated carbocycles. The van der Waals surface area contributed by atoms with Crippen LogP contribution in [0.1, 0.15) is 0 Å². The average molecular weight is 169 g/mol. The largest absolute Gasteiger partial charge is 0.475 e. The van der Waals surface area contributed by atoms with Crippen LogP contribution in [0.4, 0.5) is 0 Å². The van der Waals surface area contributed by atoms with Gasteiger partial charge in [-0.2, -0.15) is 0 Å². The Bertz CT molecular complexity index is 215. The lowest BCUT2D eigenvalue weighted by Crippen LogP contribution is -2.21. The summed E-state index contributed by atoms with van der Waals surface area (Å²) in [7, 11) is 0. The van der Waals surface area contributed by atoms with E-state index in [0.29, 0.717) is 5.88 Å². The number of ether oxygens (including phenoxy) is 1. The first-order valence-corrected chi connectivity index (χ1v) is 3.65. The van der Waals surface area contributed by atoms with E-state index in [-0.39, 0.29) is 13.2 Å². The number of hydrogen-bond donors (Lipinski definition) is 2. The SMILES string of the molecule is OC[C@@H](O)COc1ccccn1. The van der Waals surface area contributed by atoms with E-state index in [9.17, 15) is 0 Å². The molecule has 2 N–H and O–H groups in total. The third-order valence-electron chi connectivity index (χ3n) is 1.27. The minimum Gasteiger partial charge on any atom is -0.475 e. The molecule has 0 bridgehead atoms. The fourth-order valence-corrected chi connectivity index (χ4v) is 0.667. The zero-order valence-electron chi connectivity index (χ0n) is 6.55. The second kappa shape index (κ2) is 4.69. The second-order valence-corrected chi connectivity index (χ2v) is 2.32. The van der Waals surface area contributed by atoms with E-state index in [2.05, 4.69) is 4.98 Å². The van der Waals surface area contributed by atoms with Gasteiger partial charge in [0.1, 0.15) is 12.7 Å². The Hall–Kier alpha value is -1.13. The quantitative estimate of drug-likeness (QED) is 0.656. The monoisotopic (exact) mass is 169 g/mol. The van der Waals surface area contributed by atoms with Crippen molar-refractivity contribution in [2.45, 2.75) is 6.10 Å². The molecular formula is C8H11NO3. The smallest absolute Gasteiger partial charge is 0.213 e. The summed E-state index contributed by atoms with van der Waals surface area (Å²) < 4.78 is 5.04. The maximum atomic E-state index is 8.92. The Labute approximate surface area is 70.4 Å². The van der Waals surface area contributed by atoms with Crippen LogP contribution in [0.15, 0.2) is 24.4 Å². The van der Waals surface area contributed by atoms with Gasteiger partial charge < -0.3 is 14.9 Å². The minimum absolute atomic E-state index is 0.0630. The first-order chi connectivity index (χ1) is 5.83. The standard InChI is InChI=1S/C8H11NO3/c10-5-7(11)6-12-8-3-1-2-4-9-8/h1-4,7,10-11H,5-6H2/t7-/m1/s1. The van der Waals surface area contributed by atoms with Crippen molar-refractivity contribution in [1.82, 2.24) is 4.98 Å². The Kier molecular flexibility index (Phi) is 3.50. The van der Waals surface area contributed by atoms with Crippen molar-refractivity contribution in [3.8, 4) is 5.88 Å². The van der Waals surface area contributed by atoms with Gasteiger partial charge in [0.15, 0.2) is 0 Å². The van der Waals surface area contributed by atoms with Gasteiger partial charge in [-0.05, 0) is 6.07 Å². The zero-order chi connectivity index (χ0) is 8.81. The van der Waals surface area contributed by atoms with E-state index in [1.807, 2.05) is 0 Å². The van der Waals surface area contributed by atoms with Crippen LogP contribution in [0, 0.1) is 0 Å². The molecule has 4 nitrogen and oxygen atoms in total. The first kappa shape index (κ1) is 8.96. The molecule has 0 radical (unpaired) electrons. The van der Waals surface area contributed by atoms with Crippen LogP contribution in [0.25, 0.3) is 0 Å². The second-order valence-electron chi connectivity index (χ2n) is 2.32. The molecule has 1 rings (SSSR count). The van der Waals surface area contributed by atoms with E-state index < -0.39 is 6.10 Å². The number of pyridine rings is 1. The lowest BCUT2D eigenvalue weighted by atomic mass is 10.4. The third kappa shape index (κ3) is 2.86. The summed E-state index contributed by atoms with van der Waals surface area (Å²) in [6.45, 7) is -0.236. The van der Waals surface area contributed by atoms with Gasteiger partial charge in [-0.1, -0.05) is 6.07 Å². The molecule has 0 saturated heterocycles. The van der Waals surface area contributed by atoms with E-state index in [1.54, 1.807) is 24.4 Å². The van der Waals surface area contributed by atoms with E-state index in [4.69, 9.17) is 14.9 Å². The molecule has 66 valence electrons. The summed E-state index contributed by atoms with van der Waals surface area (Å²) in [4.78, 5) is 3.87. The molecule has 0 aliphatic heterocycles. The molecule has 12 heavy (non-hydrogen) atoms. The van der Waals surface area contributed by atoms with Gasteiger partial charge in [0.2, 0.25) is 5.88 Å². The highest BCUT2D eigenvalue weighted by Gasteiger charge is 2.02. The molecule has 1 heterocycles. The number of hydrogen-bond acceptors (Lipinski definition) is 4. The van der Waals surface area contributed by atoms with Crippen LogP contribution in [0.2, 0.25) is 0 Å². The van der Waals surface area contributed by atoms with Crippen molar-refractivity contribution >= 4 is 0 Å². The highest BCUT2D eigenvalue weighted by molar-refractivity contribution is 5.09. The van der Waals surface area contributed by atoms with E-state index >= 15 is 0 Å². The van der Waals surface area contributed by atoms with Crippen LogP contribution < -0.4 is 4.74 Å². The molecule has 0 fully saturated rings. The van der Waals surface area contributed by atoms with Gasteiger partial charge in [-0.3, -0.25) is 0 Å². The maximum Gasteiger partial charge on any atom is 0.213 e. The molecule has 4 heteroatoms. The Morgan fingerprint density at radius 1 is 1.50 bits per heavy atom. The van der Waals surface area contributed by atoms with Crippen molar-refractivity contribution in [3.63, 3.8) is 0 Å². The number of rotatable bonds is 4. The maximum absolute atomic E-state index is 8.92. The summed E-state index contributed by atoms with van der Waals surface area (Å²) in [6.07, 6.45) is 0.757. The topological polar surface area (TPSA) is 62.6 Å². The minimum atomic E-state index is -0.841. The van der Waals surface area contributed by atoms with Crippen LogP contribution in [0.3, 0.4) is 0 Å². The molecule has 1 atom stereocenters. The zero-order valence-corrected chi connectivity index (χ0v) is 6.55. The summed E-state index contributed by atoms with van der Waals surface area (Å²) in [5.41, 5.74) is 0. The predicted molar refractivity (Wildman–Crippen MR) is 42.8 cm³/mol. The lowest BCUT2D eigenvalue weighted by Gasteiger charge is -2.07. The molecule has 1 aromatic heterocycles. The number of nitrogens with zero attached hydrogens (tertiary/aromatic N) is 1. The number of aromatic nitrogens is 1. The summed E-state index contributed by atoms with van der Waals surface area (Å²) in [6, 6.07) is 5.24. The lowest BCUT2D eigenvalue weighted by molar-refractivity contribution is 0.0521. The van der Waals surface area contributed by atoms with Crippen LogP contribution in [0.5, 0.6) is 5.88 Å². The van der Waals surface area contributed by atoms with Crippen molar-refractivity contribution < 1.29 is 14.9 Å². The highest BCUT2D eigenvalue weighted by atomic mass is 16.5. The van der Waals surface area contributed by atoms with E-state index in [0.717, 1.165) is 0 Å². The fraction of sp³-hybridized carbons (Fsp3) is 0.375. The number of aliphatic hydroxyl groups is 2. The van der Waals surface area contributed by atoms with Gasteiger partial charge in [0.05, 0.1) is 6.61 Å². The van der Waals surface area contributed by atoms with Gasteiger partial charge >= 0.3 is 0 Å². The van der Waals surface area contributed by atoms with Crippen molar-refractivity contribution in [2.75, 3.05) is 13.2 Å². The Morgan fingerprint density at radius 3 is 2.92 bits per heavy atom. The fourth-order valence-electron chi connectivity index (χ4n) is 0.667. The Morgan fingerprint density at radius 2 is 2.33 bits per heavy atom. The average Bonchev–Trinajstić information content (AvgIpc) is 2.16. The predicted octanol–water partition coefficient (Wildman–Crippen LogP) is -0.186. The summed E-state index contributed by atoms with van der Waals surface area (Å²) in [5, 5.41) is 17.4. The number of aliphatic hydroxyl groups excluding tert-OH is 2. The molecule has 1 aromatic rings. The van der Waals surface area contributed by atoms with Gasteiger partial charge in [0.25, 0.3) is 0 Å². The van der Waals surface area contributed by atoms with Crippen LogP contribution in [-0.4, -0.2) is 34.5 Å². The molecular weight excluding hydrogens is 158 g/mol. The third-order valence-corrected chi connectivity index (χ3v) is 1.27. The first-order valence-electron chi connectivity index (χ1n) is 3.65. The van der Waals surface area contributed by atoms with E-state index in [1.165, 1.54) is 0 Å². The van der Waals surface area contributed by atoms with Gasteiger partial charge in [-0.15, -0.1) is 0 Å². The van der Waals surface area contributed by atoms with Gasteiger partial charge in [-0.25, -0.2) is 4.98 Å². The molecule has 0 aliphatic carbocycles. The molecule has 0 amide bonds. The molecule has 0 spiro atoms. The Balaban J connectivity index is 2.33. The van der Waals surface area contributed by atoms with Crippen molar-refractivity contribution in [2.24, 2.45) is 0 Å². The summed E-state index contributed by atoms with van der Waals surface area (Å²) >= 11 is 0. The molecule has 0 aromatic carbocycles. The van der Waals surface area contributed by atoms with Crippen LogP contribution in [-0.2, 0) is 0 Å². The summed E-state index contributed by atoms with van der Waals surface area (Å²) in [5.74, 6) is 0.449. The normalized spacial score (nSPS) is 12.5. The van der Waals surface area contributed by atoms with Crippen molar-refractivity contribution in [3.05, 3.63) is 24.4 Å². The van der Waals surface area contributed by atoms with Crippen molar-refractivity contribution in [1.29, 1.82) is 0 Å². The van der Waals surface area contributed by atoms with Gasteiger partial charge in [0, 0.05) is 12.3 Å². The van der Waals surface area contributed by atoms with Crippen LogP contribution >= 0.6 is 0 Å². The molecule has 0 unspecified atom stereocenters. The highest BCUT2D eigenvalue weighted by Crippen LogP contribution is 2.02.